The third-order valence-corrected chi connectivity index (χ3v) is 4.02. The number of nitrogens with zero attached hydrogens (tertiary/aromatic N) is 1. The smallest absolute Gasteiger partial charge is 0.410 e. The van der Waals surface area contributed by atoms with E-state index in [1.165, 1.54) is 0 Å². The maximum absolute atomic E-state index is 12.3. The summed E-state index contributed by atoms with van der Waals surface area (Å²) in [4.78, 5) is 14.2. The lowest BCUT2D eigenvalue weighted by Crippen LogP contribution is -2.41. The summed E-state index contributed by atoms with van der Waals surface area (Å²) in [5.41, 5.74) is 5.41. The van der Waals surface area contributed by atoms with Crippen LogP contribution in [0, 0.1) is 11.8 Å². The van der Waals surface area contributed by atoms with Gasteiger partial charge in [0, 0.05) is 25.8 Å². The van der Waals surface area contributed by atoms with Crippen molar-refractivity contribution >= 4 is 6.09 Å². The van der Waals surface area contributed by atoms with E-state index in [1.54, 1.807) is 0 Å². The van der Waals surface area contributed by atoms with Crippen LogP contribution >= 0.6 is 0 Å². The molecule has 2 N–H and O–H groups in total. The van der Waals surface area contributed by atoms with Gasteiger partial charge in [0.15, 0.2) is 0 Å². The highest BCUT2D eigenvalue weighted by molar-refractivity contribution is 5.69. The Morgan fingerprint density at radius 3 is 2.68 bits per heavy atom. The Bertz CT molecular complexity index is 327. The maximum Gasteiger partial charge on any atom is 0.410 e. The second-order valence-electron chi connectivity index (χ2n) is 6.55. The summed E-state index contributed by atoms with van der Waals surface area (Å²) in [6, 6.07) is 0.228. The van der Waals surface area contributed by atoms with Gasteiger partial charge in [-0.25, -0.2) is 4.79 Å². The van der Waals surface area contributed by atoms with E-state index in [9.17, 15) is 4.79 Å². The fraction of sp³-hybridized carbons (Fsp3) is 0.929. The van der Waals surface area contributed by atoms with Crippen molar-refractivity contribution in [1.29, 1.82) is 0 Å². The summed E-state index contributed by atoms with van der Waals surface area (Å²) in [7, 11) is 0. The molecule has 3 atom stereocenters. The van der Waals surface area contributed by atoms with E-state index in [2.05, 4.69) is 0 Å². The second kappa shape index (κ2) is 5.67. The van der Waals surface area contributed by atoms with Gasteiger partial charge in [-0.05, 0) is 52.0 Å². The van der Waals surface area contributed by atoms with Crippen molar-refractivity contribution in [3.05, 3.63) is 0 Å². The lowest BCUT2D eigenvalue weighted by Gasteiger charge is -2.29. The first kappa shape index (κ1) is 14.6. The van der Waals surface area contributed by atoms with Gasteiger partial charge in [-0.2, -0.15) is 0 Å². The van der Waals surface area contributed by atoms with Crippen LogP contribution in [0.4, 0.5) is 4.79 Å². The zero-order valence-electron chi connectivity index (χ0n) is 12.2. The average molecular weight is 270 g/mol. The molecule has 19 heavy (non-hydrogen) atoms. The van der Waals surface area contributed by atoms with E-state index >= 15 is 0 Å². The number of ether oxygens (including phenoxy) is 2. The van der Waals surface area contributed by atoms with Gasteiger partial charge in [-0.3, -0.25) is 0 Å². The van der Waals surface area contributed by atoms with E-state index in [1.807, 2.05) is 25.7 Å². The zero-order valence-corrected chi connectivity index (χ0v) is 12.2. The van der Waals surface area contributed by atoms with Crippen molar-refractivity contribution in [2.45, 2.75) is 45.3 Å². The number of hydrogen-bond acceptors (Lipinski definition) is 4. The Morgan fingerprint density at radius 1 is 1.37 bits per heavy atom. The first-order chi connectivity index (χ1) is 8.92. The number of hydrogen-bond donors (Lipinski definition) is 1. The van der Waals surface area contributed by atoms with Crippen LogP contribution in [0.25, 0.3) is 0 Å². The van der Waals surface area contributed by atoms with Crippen LogP contribution in [-0.2, 0) is 9.47 Å². The molecule has 0 spiro atoms. The Balaban J connectivity index is 2.09. The summed E-state index contributed by atoms with van der Waals surface area (Å²) < 4.78 is 11.0. The molecule has 0 aromatic carbocycles. The summed E-state index contributed by atoms with van der Waals surface area (Å²) in [6.07, 6.45) is 1.67. The van der Waals surface area contributed by atoms with Crippen LogP contribution < -0.4 is 5.73 Å². The predicted octanol–water partition coefficient (Wildman–Crippen LogP) is 1.61. The predicted molar refractivity (Wildman–Crippen MR) is 72.8 cm³/mol. The normalized spacial score (nSPS) is 31.8. The van der Waals surface area contributed by atoms with Gasteiger partial charge in [0.2, 0.25) is 0 Å². The van der Waals surface area contributed by atoms with Crippen LogP contribution in [0.1, 0.15) is 33.6 Å². The van der Waals surface area contributed by atoms with Gasteiger partial charge in [-0.15, -0.1) is 0 Å². The highest BCUT2D eigenvalue weighted by atomic mass is 16.6. The molecule has 3 unspecified atom stereocenters. The van der Waals surface area contributed by atoms with Crippen LogP contribution in [0.5, 0.6) is 0 Å². The Kier molecular flexibility index (Phi) is 4.36. The number of carbonyl (C=O) groups excluding carboxylic acids is 1. The number of amides is 1. The van der Waals surface area contributed by atoms with Crippen molar-refractivity contribution in [2.75, 3.05) is 26.3 Å². The van der Waals surface area contributed by atoms with Crippen molar-refractivity contribution in [2.24, 2.45) is 17.6 Å². The molecule has 0 aliphatic carbocycles. The first-order valence-corrected chi connectivity index (χ1v) is 7.20. The van der Waals surface area contributed by atoms with Gasteiger partial charge < -0.3 is 20.1 Å². The number of rotatable bonds is 1. The molecule has 2 heterocycles. The second-order valence-corrected chi connectivity index (χ2v) is 6.55. The molecule has 0 bridgehead atoms. The molecular weight excluding hydrogens is 244 g/mol. The number of carbonyl (C=O) groups is 1. The van der Waals surface area contributed by atoms with Crippen LogP contribution in [0.3, 0.4) is 0 Å². The summed E-state index contributed by atoms with van der Waals surface area (Å²) in [5, 5.41) is 0. The van der Waals surface area contributed by atoms with Crippen LogP contribution in [0.2, 0.25) is 0 Å². The maximum atomic E-state index is 12.3. The monoisotopic (exact) mass is 270 g/mol. The number of nitrogens with two attached hydrogens (primary N) is 1. The molecule has 0 saturated carbocycles. The lowest BCUT2D eigenvalue weighted by atomic mass is 9.87. The molecule has 5 nitrogen and oxygen atoms in total. The van der Waals surface area contributed by atoms with Crippen molar-refractivity contribution in [1.82, 2.24) is 4.90 Å². The fourth-order valence-corrected chi connectivity index (χ4v) is 3.17. The third-order valence-electron chi connectivity index (χ3n) is 4.02. The topological polar surface area (TPSA) is 64.8 Å². The Hall–Kier alpha value is -0.810. The molecular formula is C14H26N2O3. The molecule has 110 valence electrons. The van der Waals surface area contributed by atoms with Crippen LogP contribution in [0.15, 0.2) is 0 Å². The molecule has 2 fully saturated rings. The fourth-order valence-electron chi connectivity index (χ4n) is 3.17. The minimum atomic E-state index is -0.450. The molecule has 0 aromatic heterocycles. The SMILES string of the molecule is CC(C)(C)OC(=O)N1CC(CN)C2CCOCCC21. The summed E-state index contributed by atoms with van der Waals surface area (Å²) in [5.74, 6) is 0.833. The van der Waals surface area contributed by atoms with Crippen molar-refractivity contribution in [3.8, 4) is 0 Å². The molecule has 0 aromatic rings. The number of likely N-dealkylation sites (tertiary alicyclic amines) is 1. The van der Waals surface area contributed by atoms with Gasteiger partial charge in [0.25, 0.3) is 0 Å². The van der Waals surface area contributed by atoms with E-state index in [0.29, 0.717) is 18.4 Å². The molecule has 5 heteroatoms. The first-order valence-electron chi connectivity index (χ1n) is 7.20. The largest absolute Gasteiger partial charge is 0.444 e. The molecule has 2 aliphatic rings. The van der Waals surface area contributed by atoms with E-state index in [4.69, 9.17) is 15.2 Å². The zero-order chi connectivity index (χ0) is 14.0. The highest BCUT2D eigenvalue weighted by Gasteiger charge is 2.44. The molecule has 2 saturated heterocycles. The van der Waals surface area contributed by atoms with E-state index in [0.717, 1.165) is 32.6 Å². The van der Waals surface area contributed by atoms with Gasteiger partial charge in [-0.1, -0.05) is 0 Å². The molecule has 2 rings (SSSR count). The minimum absolute atomic E-state index is 0.208. The third kappa shape index (κ3) is 3.39. The quantitative estimate of drug-likeness (QED) is 0.786. The van der Waals surface area contributed by atoms with Gasteiger partial charge in [0.05, 0.1) is 0 Å². The summed E-state index contributed by atoms with van der Waals surface area (Å²) >= 11 is 0. The Morgan fingerprint density at radius 2 is 2.05 bits per heavy atom. The standard InChI is InChI=1S/C14H26N2O3/c1-14(2,3)19-13(17)16-9-10(8-15)11-4-6-18-7-5-12(11)16/h10-12H,4-9,15H2,1-3H3. The van der Waals surface area contributed by atoms with Gasteiger partial charge >= 0.3 is 6.09 Å². The van der Waals surface area contributed by atoms with Crippen LogP contribution in [-0.4, -0.2) is 48.9 Å². The van der Waals surface area contributed by atoms with E-state index in [-0.39, 0.29) is 12.1 Å². The van der Waals surface area contributed by atoms with Gasteiger partial charge in [0.1, 0.15) is 5.60 Å². The highest BCUT2D eigenvalue weighted by Crippen LogP contribution is 2.36. The molecule has 2 aliphatic heterocycles. The van der Waals surface area contributed by atoms with Crippen molar-refractivity contribution in [3.63, 3.8) is 0 Å². The van der Waals surface area contributed by atoms with Crippen molar-refractivity contribution < 1.29 is 14.3 Å². The van der Waals surface area contributed by atoms with E-state index < -0.39 is 5.60 Å². The molecule has 0 radical (unpaired) electrons. The Labute approximate surface area is 115 Å². The number of fused-ring (bicyclic) bond motifs is 1. The lowest BCUT2D eigenvalue weighted by molar-refractivity contribution is 0.0193. The minimum Gasteiger partial charge on any atom is -0.444 e. The molecule has 1 amide bonds. The summed E-state index contributed by atoms with van der Waals surface area (Å²) in [6.45, 7) is 8.54. The average Bonchev–Trinajstić information content (AvgIpc) is 2.49.